The van der Waals surface area contributed by atoms with E-state index >= 15 is 0 Å². The smallest absolute Gasteiger partial charge is 0.280 e. The number of hydrogen-bond donors (Lipinski definition) is 3. The molecule has 11 heteroatoms. The Hall–Kier alpha value is -3.47. The number of nitrogens with one attached hydrogen (secondary N) is 2. The van der Waals surface area contributed by atoms with Crippen LogP contribution in [0.1, 0.15) is 32.5 Å². The van der Waals surface area contributed by atoms with E-state index in [1.807, 2.05) is 13.8 Å². The summed E-state index contributed by atoms with van der Waals surface area (Å²) in [6.45, 7) is 5.07. The molecule has 182 valence electrons. The third-order valence-corrected chi connectivity index (χ3v) is 5.95. The first-order valence-corrected chi connectivity index (χ1v) is 11.5. The van der Waals surface area contributed by atoms with Gasteiger partial charge in [-0.2, -0.15) is 0 Å². The lowest BCUT2D eigenvalue weighted by atomic mass is 10.0. The second-order valence-electron chi connectivity index (χ2n) is 9.33. The molecule has 3 aliphatic rings. The molecule has 0 spiro atoms. The Morgan fingerprint density at radius 3 is 2.68 bits per heavy atom. The maximum absolute atomic E-state index is 13.1. The monoisotopic (exact) mass is 469 g/mol. The van der Waals surface area contributed by atoms with Gasteiger partial charge in [-0.05, 0) is 30.9 Å². The van der Waals surface area contributed by atoms with Crippen LogP contribution in [0.3, 0.4) is 0 Å². The number of aromatic nitrogens is 2. The predicted octanol–water partition coefficient (Wildman–Crippen LogP) is 0.300. The molecule has 34 heavy (non-hydrogen) atoms. The summed E-state index contributed by atoms with van der Waals surface area (Å²) >= 11 is 0. The highest BCUT2D eigenvalue weighted by atomic mass is 16.3. The SMILES string of the molecule is CC(C)CN1C(O)=C(C(=O)NC2CC2)C(=O)N2NCC(/C=C/C(=O)N(C)Cc3ncccn3)C12. The summed E-state index contributed by atoms with van der Waals surface area (Å²) in [4.78, 5) is 49.9. The van der Waals surface area contributed by atoms with Crippen molar-refractivity contribution in [1.29, 1.82) is 0 Å². The summed E-state index contributed by atoms with van der Waals surface area (Å²) in [7, 11) is 1.66. The number of hydrazine groups is 1. The number of hydrogen-bond acceptors (Lipinski definition) is 8. The van der Waals surface area contributed by atoms with Crippen LogP contribution in [0.5, 0.6) is 0 Å². The highest BCUT2D eigenvalue weighted by Gasteiger charge is 2.49. The van der Waals surface area contributed by atoms with Gasteiger partial charge in [0.1, 0.15) is 12.0 Å². The van der Waals surface area contributed by atoms with Crippen molar-refractivity contribution in [3.63, 3.8) is 0 Å². The normalized spacial score (nSPS) is 22.5. The molecule has 1 aromatic heterocycles. The molecule has 2 atom stereocenters. The standard InChI is InChI=1S/C23H31N7O4/c1-14(2)12-29-21-15(5-8-18(31)28(3)13-17-24-9-4-10-25-17)11-26-30(21)23(34)19(22(29)33)20(32)27-16-6-7-16/h4-5,8-10,14-16,21,26,33H,6-7,11-13H2,1-3H3,(H,27,32)/b8-5+. The van der Waals surface area contributed by atoms with Crippen molar-refractivity contribution in [2.45, 2.75) is 45.4 Å². The van der Waals surface area contributed by atoms with Crippen LogP contribution in [0.25, 0.3) is 0 Å². The Morgan fingerprint density at radius 2 is 2.03 bits per heavy atom. The Morgan fingerprint density at radius 1 is 1.32 bits per heavy atom. The molecule has 11 nitrogen and oxygen atoms in total. The summed E-state index contributed by atoms with van der Waals surface area (Å²) < 4.78 is 0. The Labute approximate surface area is 198 Å². The number of carbonyl (C=O) groups excluding carboxylic acids is 3. The van der Waals surface area contributed by atoms with Crippen LogP contribution in [0.15, 0.2) is 42.1 Å². The van der Waals surface area contributed by atoms with Crippen molar-refractivity contribution in [2.24, 2.45) is 11.8 Å². The van der Waals surface area contributed by atoms with Gasteiger partial charge in [0.2, 0.25) is 11.8 Å². The number of aliphatic hydroxyl groups excluding tert-OH is 1. The summed E-state index contributed by atoms with van der Waals surface area (Å²) in [6, 6.07) is 1.77. The van der Waals surface area contributed by atoms with Gasteiger partial charge in [0.05, 0.1) is 6.54 Å². The molecule has 2 aliphatic heterocycles. The van der Waals surface area contributed by atoms with Crippen LogP contribution in [0, 0.1) is 11.8 Å². The van der Waals surface area contributed by atoms with E-state index in [9.17, 15) is 19.5 Å². The number of likely N-dealkylation sites (N-methyl/N-ethyl adjacent to an activating group) is 1. The zero-order valence-corrected chi connectivity index (χ0v) is 19.6. The van der Waals surface area contributed by atoms with Crippen LogP contribution in [0.2, 0.25) is 0 Å². The van der Waals surface area contributed by atoms with E-state index in [0.29, 0.717) is 18.9 Å². The fraction of sp³-hybridized carbons (Fsp3) is 0.522. The number of nitrogens with zero attached hydrogens (tertiary/aromatic N) is 5. The van der Waals surface area contributed by atoms with Gasteiger partial charge in [-0.25, -0.2) is 20.4 Å². The van der Waals surface area contributed by atoms with E-state index in [1.165, 1.54) is 16.0 Å². The topological polar surface area (TPSA) is 131 Å². The highest BCUT2D eigenvalue weighted by molar-refractivity contribution is 6.19. The lowest BCUT2D eigenvalue weighted by Crippen LogP contribution is -2.59. The van der Waals surface area contributed by atoms with Gasteiger partial charge < -0.3 is 20.2 Å². The molecule has 2 fully saturated rings. The minimum absolute atomic E-state index is 0.0587. The van der Waals surface area contributed by atoms with E-state index in [2.05, 4.69) is 20.7 Å². The minimum Gasteiger partial charge on any atom is -0.494 e. The Bertz CT molecular complexity index is 1010. The first kappa shape index (κ1) is 23.7. The summed E-state index contributed by atoms with van der Waals surface area (Å²) in [5.41, 5.74) is 2.80. The second-order valence-corrected chi connectivity index (χ2v) is 9.33. The van der Waals surface area contributed by atoms with Gasteiger partial charge in [-0.1, -0.05) is 19.9 Å². The molecule has 1 aliphatic carbocycles. The zero-order valence-electron chi connectivity index (χ0n) is 19.6. The summed E-state index contributed by atoms with van der Waals surface area (Å²) in [6.07, 6.45) is 7.65. The van der Waals surface area contributed by atoms with E-state index < -0.39 is 18.0 Å². The van der Waals surface area contributed by atoms with Crippen molar-refractivity contribution < 1.29 is 19.5 Å². The van der Waals surface area contributed by atoms with Crippen molar-refractivity contribution in [3.8, 4) is 0 Å². The molecule has 0 radical (unpaired) electrons. The zero-order chi connectivity index (χ0) is 24.4. The molecule has 1 saturated carbocycles. The quantitative estimate of drug-likeness (QED) is 0.366. The number of carbonyl (C=O) groups is 3. The molecular formula is C23H31N7O4. The van der Waals surface area contributed by atoms with Gasteiger partial charge in [0.15, 0.2) is 5.57 Å². The van der Waals surface area contributed by atoms with E-state index in [4.69, 9.17) is 0 Å². The lowest BCUT2D eigenvalue weighted by molar-refractivity contribution is -0.142. The highest BCUT2D eigenvalue weighted by Crippen LogP contribution is 2.32. The molecule has 3 N–H and O–H groups in total. The van der Waals surface area contributed by atoms with Gasteiger partial charge in [0.25, 0.3) is 11.8 Å². The van der Waals surface area contributed by atoms with Crippen LogP contribution in [0.4, 0.5) is 0 Å². The first-order valence-electron chi connectivity index (χ1n) is 11.5. The fourth-order valence-corrected chi connectivity index (χ4v) is 4.12. The molecule has 4 rings (SSSR count). The number of fused-ring (bicyclic) bond motifs is 1. The molecule has 0 aromatic carbocycles. The van der Waals surface area contributed by atoms with Gasteiger partial charge in [-0.15, -0.1) is 0 Å². The first-order chi connectivity index (χ1) is 16.3. The molecular weight excluding hydrogens is 438 g/mol. The average molecular weight is 470 g/mol. The molecule has 3 amide bonds. The minimum atomic E-state index is -0.568. The maximum atomic E-state index is 13.1. The Kier molecular flexibility index (Phi) is 6.82. The molecule has 2 unspecified atom stereocenters. The van der Waals surface area contributed by atoms with E-state index in [1.54, 1.807) is 36.5 Å². The third-order valence-electron chi connectivity index (χ3n) is 5.95. The van der Waals surface area contributed by atoms with Crippen molar-refractivity contribution in [2.75, 3.05) is 20.1 Å². The third kappa shape index (κ3) is 5.04. The van der Waals surface area contributed by atoms with Gasteiger partial charge in [-0.3, -0.25) is 14.4 Å². The van der Waals surface area contributed by atoms with Crippen molar-refractivity contribution in [3.05, 3.63) is 47.9 Å². The Balaban J connectivity index is 1.52. The number of rotatable bonds is 8. The molecule has 3 heterocycles. The number of aliphatic hydroxyl groups is 1. The summed E-state index contributed by atoms with van der Waals surface area (Å²) in [5.74, 6) is -1.25. The van der Waals surface area contributed by atoms with E-state index in [-0.39, 0.29) is 41.8 Å². The van der Waals surface area contributed by atoms with Crippen LogP contribution in [-0.4, -0.2) is 79.9 Å². The van der Waals surface area contributed by atoms with Crippen molar-refractivity contribution >= 4 is 17.7 Å². The van der Waals surface area contributed by atoms with Gasteiger partial charge in [0, 0.05) is 44.5 Å². The molecule has 1 aromatic rings. The van der Waals surface area contributed by atoms with Crippen LogP contribution in [-0.2, 0) is 20.9 Å². The average Bonchev–Trinajstić information content (AvgIpc) is 3.50. The fourth-order valence-electron chi connectivity index (χ4n) is 4.12. The second kappa shape index (κ2) is 9.80. The number of amides is 3. The van der Waals surface area contributed by atoms with Crippen LogP contribution < -0.4 is 10.7 Å². The predicted molar refractivity (Wildman–Crippen MR) is 122 cm³/mol. The lowest BCUT2D eigenvalue weighted by Gasteiger charge is -2.42. The maximum Gasteiger partial charge on any atom is 0.280 e. The van der Waals surface area contributed by atoms with E-state index in [0.717, 1.165) is 12.8 Å². The van der Waals surface area contributed by atoms with Crippen LogP contribution >= 0.6 is 0 Å². The molecule has 1 saturated heterocycles. The molecule has 0 bridgehead atoms. The summed E-state index contributed by atoms with van der Waals surface area (Å²) in [5, 5.41) is 15.2. The van der Waals surface area contributed by atoms with Gasteiger partial charge >= 0.3 is 0 Å². The largest absolute Gasteiger partial charge is 0.494 e. The van der Waals surface area contributed by atoms with Crippen molar-refractivity contribution in [1.82, 2.24) is 35.5 Å².